The number of carbonyl (C=O) groups is 2. The molecule has 4 rings (SSSR count). The average molecular weight is 460 g/mol. The van der Waals surface area contributed by atoms with Crippen LogP contribution in [0.1, 0.15) is 63.0 Å². The van der Waals surface area contributed by atoms with E-state index < -0.39 is 12.1 Å². The third-order valence-electron chi connectivity index (χ3n) is 6.29. The monoisotopic (exact) mass is 460 g/mol. The number of rotatable bonds is 4. The fourth-order valence-electron chi connectivity index (χ4n) is 4.68. The van der Waals surface area contributed by atoms with Crippen LogP contribution in [0.25, 0.3) is 0 Å². The summed E-state index contributed by atoms with van der Waals surface area (Å²) in [5.74, 6) is -1.52. The maximum Gasteiger partial charge on any atom is 0.490 e. The number of nitrogens with one attached hydrogen (secondary N) is 1. The van der Waals surface area contributed by atoms with Gasteiger partial charge in [0.2, 0.25) is 5.91 Å². The Bertz CT molecular complexity index is 786. The smallest absolute Gasteiger partial charge is 0.475 e. The molecule has 1 unspecified atom stereocenters. The van der Waals surface area contributed by atoms with E-state index in [-0.39, 0.29) is 5.91 Å². The van der Waals surface area contributed by atoms with Crippen LogP contribution in [0, 0.1) is 0 Å². The quantitative estimate of drug-likeness (QED) is 0.717. The van der Waals surface area contributed by atoms with Crippen molar-refractivity contribution in [2.24, 2.45) is 0 Å². The van der Waals surface area contributed by atoms with Crippen molar-refractivity contribution in [1.82, 2.24) is 19.8 Å². The van der Waals surface area contributed by atoms with Crippen molar-refractivity contribution >= 4 is 11.9 Å². The van der Waals surface area contributed by atoms with Gasteiger partial charge in [0, 0.05) is 44.6 Å². The van der Waals surface area contributed by atoms with Crippen LogP contribution in [0.5, 0.6) is 0 Å². The molecule has 2 fully saturated rings. The summed E-state index contributed by atoms with van der Waals surface area (Å²) in [4.78, 5) is 28.6. The second-order valence-corrected chi connectivity index (χ2v) is 8.57. The lowest BCUT2D eigenvalue weighted by molar-refractivity contribution is -0.192. The number of alkyl halides is 3. The van der Waals surface area contributed by atoms with Crippen molar-refractivity contribution in [2.75, 3.05) is 19.8 Å². The van der Waals surface area contributed by atoms with Crippen molar-refractivity contribution in [2.45, 2.75) is 82.7 Å². The molecule has 1 atom stereocenters. The first kappa shape index (κ1) is 24.5. The highest BCUT2D eigenvalue weighted by molar-refractivity contribution is 5.78. The fourth-order valence-corrected chi connectivity index (χ4v) is 4.68. The predicted molar refractivity (Wildman–Crippen MR) is 109 cm³/mol. The number of carbonyl (C=O) groups excluding carboxylic acids is 1. The molecule has 11 heteroatoms. The molecule has 1 saturated heterocycles. The second kappa shape index (κ2) is 10.7. The van der Waals surface area contributed by atoms with Crippen molar-refractivity contribution < 1.29 is 32.6 Å². The summed E-state index contributed by atoms with van der Waals surface area (Å²) >= 11 is 0. The normalized spacial score (nSPS) is 22.7. The summed E-state index contributed by atoms with van der Waals surface area (Å²) in [6.45, 7) is 6.01. The van der Waals surface area contributed by atoms with Gasteiger partial charge in [0.15, 0.2) is 0 Å². The average Bonchev–Trinajstić information content (AvgIpc) is 3.38. The van der Waals surface area contributed by atoms with Crippen LogP contribution in [-0.4, -0.2) is 69.5 Å². The van der Waals surface area contributed by atoms with Gasteiger partial charge in [-0.05, 0) is 32.6 Å². The lowest BCUT2D eigenvalue weighted by Gasteiger charge is -2.41. The van der Waals surface area contributed by atoms with E-state index in [9.17, 15) is 18.0 Å². The van der Waals surface area contributed by atoms with Crippen molar-refractivity contribution in [3.8, 4) is 0 Å². The van der Waals surface area contributed by atoms with E-state index in [1.54, 1.807) is 0 Å². The number of aromatic nitrogens is 2. The highest BCUT2D eigenvalue weighted by Gasteiger charge is 2.38. The molecule has 2 N–H and O–H groups in total. The zero-order valence-electron chi connectivity index (χ0n) is 18.2. The Morgan fingerprint density at radius 2 is 1.81 bits per heavy atom. The number of fused-ring (bicyclic) bond motifs is 1. The molecule has 1 aromatic heterocycles. The number of halogens is 3. The number of aliphatic carboxylic acids is 1. The topological polar surface area (TPSA) is 96.7 Å². The number of nitrogens with zero attached hydrogens (tertiary/aromatic N) is 3. The van der Waals surface area contributed by atoms with Crippen LogP contribution in [-0.2, 0) is 27.3 Å². The van der Waals surface area contributed by atoms with Crippen molar-refractivity contribution in [3.05, 3.63) is 17.7 Å². The Kier molecular flexibility index (Phi) is 8.16. The summed E-state index contributed by atoms with van der Waals surface area (Å²) in [5.41, 5.74) is 0.908. The molecule has 1 amide bonds. The highest BCUT2D eigenvalue weighted by Crippen LogP contribution is 2.30. The minimum atomic E-state index is -5.08. The van der Waals surface area contributed by atoms with Crippen molar-refractivity contribution in [1.29, 1.82) is 0 Å². The van der Waals surface area contributed by atoms with Gasteiger partial charge in [-0.15, -0.1) is 0 Å². The Morgan fingerprint density at radius 3 is 2.41 bits per heavy atom. The zero-order valence-corrected chi connectivity index (χ0v) is 18.2. The third-order valence-corrected chi connectivity index (χ3v) is 6.29. The highest BCUT2D eigenvalue weighted by atomic mass is 19.4. The standard InChI is InChI=1S/C19H30N4O2.C2HF3O2/c1-14-19-21-16(12-18(24)20-15-4-2-3-5-15)13-22(19)8-9-23(14)17-6-10-25-11-7-17;3-2(4,5)1(6)7/h13-15,17H,2-12H2,1H3,(H,20,24);(H,6,7). The van der Waals surface area contributed by atoms with Crippen LogP contribution in [0.3, 0.4) is 0 Å². The first-order valence-corrected chi connectivity index (χ1v) is 11.1. The van der Waals surface area contributed by atoms with Gasteiger partial charge in [0.25, 0.3) is 0 Å². The Morgan fingerprint density at radius 1 is 1.19 bits per heavy atom. The van der Waals surface area contributed by atoms with Crippen molar-refractivity contribution in [3.63, 3.8) is 0 Å². The minimum absolute atomic E-state index is 0.122. The molecule has 0 spiro atoms. The van der Waals surface area contributed by atoms with Crippen LogP contribution >= 0.6 is 0 Å². The lowest BCUT2D eigenvalue weighted by Crippen LogP contribution is -2.45. The Labute approximate surface area is 185 Å². The Hall–Kier alpha value is -2.14. The van der Waals surface area contributed by atoms with E-state index in [0.717, 1.165) is 63.5 Å². The first-order valence-electron chi connectivity index (χ1n) is 11.1. The van der Waals surface area contributed by atoms with Crippen LogP contribution in [0.2, 0.25) is 0 Å². The van der Waals surface area contributed by atoms with E-state index in [2.05, 4.69) is 27.9 Å². The largest absolute Gasteiger partial charge is 0.490 e. The second-order valence-electron chi connectivity index (χ2n) is 8.57. The Balaban J connectivity index is 0.000000360. The minimum Gasteiger partial charge on any atom is -0.475 e. The molecule has 180 valence electrons. The van der Waals surface area contributed by atoms with Crippen LogP contribution in [0.4, 0.5) is 13.2 Å². The van der Waals surface area contributed by atoms with Gasteiger partial charge >= 0.3 is 12.1 Å². The summed E-state index contributed by atoms with van der Waals surface area (Å²) in [5, 5.41) is 10.3. The van der Waals surface area contributed by atoms with E-state index in [1.165, 1.54) is 12.8 Å². The van der Waals surface area contributed by atoms with Gasteiger partial charge in [-0.2, -0.15) is 13.2 Å². The summed E-state index contributed by atoms with van der Waals surface area (Å²) in [6, 6.07) is 1.29. The summed E-state index contributed by atoms with van der Waals surface area (Å²) in [7, 11) is 0. The molecule has 1 aromatic rings. The molecule has 8 nitrogen and oxygen atoms in total. The molecule has 3 aliphatic rings. The van der Waals surface area contributed by atoms with E-state index in [1.807, 2.05) is 0 Å². The fraction of sp³-hybridized carbons (Fsp3) is 0.762. The maximum absolute atomic E-state index is 12.3. The van der Waals surface area contributed by atoms with E-state index in [0.29, 0.717) is 24.5 Å². The SMILES string of the molecule is CC1c2nc(CC(=O)NC3CCCC3)cn2CCN1C1CCOCC1.O=C(O)C(F)(F)F. The molecule has 2 aliphatic heterocycles. The van der Waals surface area contributed by atoms with Gasteiger partial charge in [-0.25, -0.2) is 9.78 Å². The number of ether oxygens (including phenoxy) is 1. The molecular formula is C21H31F3N4O4. The van der Waals surface area contributed by atoms with Gasteiger partial charge < -0.3 is 19.7 Å². The van der Waals surface area contributed by atoms with Gasteiger partial charge in [0.05, 0.1) is 18.2 Å². The predicted octanol–water partition coefficient (Wildman–Crippen LogP) is 2.67. The summed E-state index contributed by atoms with van der Waals surface area (Å²) < 4.78 is 39.5. The number of hydrogen-bond donors (Lipinski definition) is 2. The lowest BCUT2D eigenvalue weighted by atomic mass is 10.0. The number of hydrogen-bond acceptors (Lipinski definition) is 5. The molecule has 0 aromatic carbocycles. The number of carboxylic acids is 1. The van der Waals surface area contributed by atoms with E-state index >= 15 is 0 Å². The molecular weight excluding hydrogens is 429 g/mol. The van der Waals surface area contributed by atoms with E-state index in [4.69, 9.17) is 19.6 Å². The molecule has 0 bridgehead atoms. The van der Waals surface area contributed by atoms with Crippen LogP contribution in [0.15, 0.2) is 6.20 Å². The maximum atomic E-state index is 12.3. The molecule has 0 radical (unpaired) electrons. The third kappa shape index (κ3) is 6.44. The molecule has 1 aliphatic carbocycles. The van der Waals surface area contributed by atoms with Gasteiger partial charge in [-0.3, -0.25) is 9.69 Å². The first-order chi connectivity index (χ1) is 15.1. The number of amides is 1. The van der Waals surface area contributed by atoms with Gasteiger partial charge in [0.1, 0.15) is 5.82 Å². The molecule has 3 heterocycles. The molecule has 32 heavy (non-hydrogen) atoms. The van der Waals surface area contributed by atoms with Crippen LogP contribution < -0.4 is 5.32 Å². The summed E-state index contributed by atoms with van der Waals surface area (Å²) in [6.07, 6.45) is 4.36. The number of carboxylic acid groups (broad SMARTS) is 1. The zero-order chi connectivity index (χ0) is 23.3. The van der Waals surface area contributed by atoms with Gasteiger partial charge in [-0.1, -0.05) is 12.8 Å². The molecule has 1 saturated carbocycles. The number of imidazole rings is 1.